The number of hydrogen-bond acceptors (Lipinski definition) is 5. The van der Waals surface area contributed by atoms with E-state index in [0.29, 0.717) is 6.54 Å². The third kappa shape index (κ3) is 7.01. The van der Waals surface area contributed by atoms with E-state index in [1.807, 2.05) is 0 Å². The number of carbonyl (C=O) groups excluding carboxylic acids is 2. The summed E-state index contributed by atoms with van der Waals surface area (Å²) in [6, 6.07) is 10.0. The van der Waals surface area contributed by atoms with E-state index in [1.165, 1.54) is 18.2 Å². The number of nitrogens with zero attached hydrogens (tertiary/aromatic N) is 1. The molecule has 34 heavy (non-hydrogen) atoms. The SMILES string of the molecule is O=C(CNC(=O)c1cccc(C(F)(F)F)c1)N[C@H]1CCCC[C@H]1NCc1ccc([N+](=O)[O-])cc1. The Morgan fingerprint density at radius 2 is 1.71 bits per heavy atom. The Hall–Kier alpha value is -3.47. The van der Waals surface area contributed by atoms with Crippen LogP contribution < -0.4 is 16.0 Å². The van der Waals surface area contributed by atoms with Gasteiger partial charge in [-0.25, -0.2) is 0 Å². The van der Waals surface area contributed by atoms with Crippen molar-refractivity contribution >= 4 is 17.5 Å². The van der Waals surface area contributed by atoms with Gasteiger partial charge in [-0.2, -0.15) is 13.2 Å². The maximum atomic E-state index is 12.8. The van der Waals surface area contributed by atoms with Crippen LogP contribution in [0.5, 0.6) is 0 Å². The minimum atomic E-state index is -4.56. The maximum Gasteiger partial charge on any atom is 0.416 e. The topological polar surface area (TPSA) is 113 Å². The number of nitrogens with one attached hydrogen (secondary N) is 3. The number of benzene rings is 2. The van der Waals surface area contributed by atoms with E-state index >= 15 is 0 Å². The number of halogens is 3. The number of carbonyl (C=O) groups is 2. The highest BCUT2D eigenvalue weighted by Gasteiger charge is 2.31. The third-order valence-corrected chi connectivity index (χ3v) is 5.69. The molecule has 0 radical (unpaired) electrons. The third-order valence-electron chi connectivity index (χ3n) is 5.69. The maximum absolute atomic E-state index is 12.8. The molecule has 0 bridgehead atoms. The van der Waals surface area contributed by atoms with Crippen molar-refractivity contribution in [2.24, 2.45) is 0 Å². The number of nitro groups is 1. The summed E-state index contributed by atoms with van der Waals surface area (Å²) in [5.74, 6) is -1.20. The number of nitro benzene ring substituents is 1. The largest absolute Gasteiger partial charge is 0.416 e. The molecule has 182 valence electrons. The van der Waals surface area contributed by atoms with E-state index in [4.69, 9.17) is 0 Å². The van der Waals surface area contributed by atoms with Gasteiger partial charge >= 0.3 is 6.18 Å². The van der Waals surface area contributed by atoms with Gasteiger partial charge in [-0.3, -0.25) is 19.7 Å². The highest BCUT2D eigenvalue weighted by atomic mass is 19.4. The summed E-state index contributed by atoms with van der Waals surface area (Å²) in [5, 5.41) is 19.4. The number of non-ortho nitro benzene ring substituents is 1. The summed E-state index contributed by atoms with van der Waals surface area (Å²) < 4.78 is 38.5. The lowest BCUT2D eigenvalue weighted by atomic mass is 9.90. The number of amides is 2. The molecule has 0 aliphatic heterocycles. The van der Waals surface area contributed by atoms with Gasteiger partial charge in [0.15, 0.2) is 0 Å². The lowest BCUT2D eigenvalue weighted by molar-refractivity contribution is -0.384. The molecule has 0 saturated heterocycles. The number of rotatable bonds is 8. The first-order valence-corrected chi connectivity index (χ1v) is 10.8. The Kier molecular flexibility index (Phi) is 8.21. The van der Waals surface area contributed by atoms with Crippen molar-refractivity contribution in [3.8, 4) is 0 Å². The summed E-state index contributed by atoms with van der Waals surface area (Å²) in [6.07, 6.45) is -1.08. The minimum Gasteiger partial charge on any atom is -0.350 e. The van der Waals surface area contributed by atoms with Crippen molar-refractivity contribution in [3.63, 3.8) is 0 Å². The summed E-state index contributed by atoms with van der Waals surface area (Å²) in [6.45, 7) is 0.113. The molecule has 0 heterocycles. The molecule has 1 saturated carbocycles. The molecule has 2 amide bonds. The predicted octanol–water partition coefficient (Wildman–Crippen LogP) is 3.56. The van der Waals surface area contributed by atoms with E-state index in [1.54, 1.807) is 12.1 Å². The molecular weight excluding hydrogens is 453 g/mol. The summed E-state index contributed by atoms with van der Waals surface area (Å²) in [5.41, 5.74) is -0.231. The molecular formula is C23H25F3N4O4. The zero-order chi connectivity index (χ0) is 24.7. The average molecular weight is 478 g/mol. The van der Waals surface area contributed by atoms with Crippen LogP contribution in [0.15, 0.2) is 48.5 Å². The summed E-state index contributed by atoms with van der Waals surface area (Å²) in [7, 11) is 0. The standard InChI is InChI=1S/C23H25F3N4O4/c24-23(25,26)17-5-3-4-16(12-17)22(32)28-14-21(31)29-20-7-2-1-6-19(20)27-13-15-8-10-18(11-9-15)30(33)34/h3-5,8-12,19-20,27H,1-2,6-7,13-14H2,(H,28,32)(H,29,31)/t19-,20+/m1/s1. The molecule has 1 aliphatic rings. The van der Waals surface area contributed by atoms with Crippen molar-refractivity contribution in [1.29, 1.82) is 0 Å². The first-order valence-electron chi connectivity index (χ1n) is 10.8. The van der Waals surface area contributed by atoms with Gasteiger partial charge in [0, 0.05) is 36.3 Å². The van der Waals surface area contributed by atoms with Gasteiger partial charge in [-0.15, -0.1) is 0 Å². The molecule has 2 atom stereocenters. The molecule has 3 N–H and O–H groups in total. The monoisotopic (exact) mass is 478 g/mol. The van der Waals surface area contributed by atoms with Gasteiger partial charge in [0.25, 0.3) is 11.6 Å². The van der Waals surface area contributed by atoms with Crippen LogP contribution in [-0.4, -0.2) is 35.4 Å². The van der Waals surface area contributed by atoms with Gasteiger partial charge in [0.2, 0.25) is 5.91 Å². The van der Waals surface area contributed by atoms with Gasteiger partial charge in [0.1, 0.15) is 0 Å². The van der Waals surface area contributed by atoms with E-state index in [0.717, 1.165) is 49.4 Å². The number of alkyl halides is 3. The second-order valence-corrected chi connectivity index (χ2v) is 8.13. The van der Waals surface area contributed by atoms with E-state index in [-0.39, 0.29) is 29.9 Å². The first-order chi connectivity index (χ1) is 16.1. The van der Waals surface area contributed by atoms with Crippen LogP contribution in [0.2, 0.25) is 0 Å². The van der Waals surface area contributed by atoms with Crippen LogP contribution in [0, 0.1) is 10.1 Å². The highest BCUT2D eigenvalue weighted by molar-refractivity contribution is 5.96. The van der Waals surface area contributed by atoms with Gasteiger partial charge < -0.3 is 16.0 Å². The number of hydrogen-bond donors (Lipinski definition) is 3. The van der Waals surface area contributed by atoms with Crippen LogP contribution in [-0.2, 0) is 17.5 Å². The van der Waals surface area contributed by atoms with Crippen molar-refractivity contribution in [1.82, 2.24) is 16.0 Å². The molecule has 11 heteroatoms. The molecule has 3 rings (SSSR count). The fourth-order valence-electron chi connectivity index (χ4n) is 3.89. The van der Waals surface area contributed by atoms with Crippen LogP contribution in [0.4, 0.5) is 18.9 Å². The van der Waals surface area contributed by atoms with Crippen LogP contribution in [0.25, 0.3) is 0 Å². The normalized spacial score (nSPS) is 18.2. The van der Waals surface area contributed by atoms with Crippen LogP contribution in [0.1, 0.15) is 47.2 Å². The molecule has 0 spiro atoms. The summed E-state index contributed by atoms with van der Waals surface area (Å²) in [4.78, 5) is 34.9. The Morgan fingerprint density at radius 1 is 1.03 bits per heavy atom. The molecule has 0 unspecified atom stereocenters. The van der Waals surface area contributed by atoms with Crippen molar-refractivity contribution < 1.29 is 27.7 Å². The Bertz CT molecular complexity index is 1030. The quantitative estimate of drug-likeness (QED) is 0.397. The van der Waals surface area contributed by atoms with E-state index < -0.39 is 28.5 Å². The van der Waals surface area contributed by atoms with Crippen molar-refractivity contribution in [2.45, 2.75) is 50.5 Å². The van der Waals surface area contributed by atoms with Gasteiger partial charge in [-0.05, 0) is 36.6 Å². The Balaban J connectivity index is 1.50. The second kappa shape index (κ2) is 11.1. The zero-order valence-corrected chi connectivity index (χ0v) is 18.2. The first kappa shape index (κ1) is 25.2. The van der Waals surface area contributed by atoms with Crippen molar-refractivity contribution in [3.05, 3.63) is 75.3 Å². The Morgan fingerprint density at radius 3 is 2.35 bits per heavy atom. The van der Waals surface area contributed by atoms with Crippen molar-refractivity contribution in [2.75, 3.05) is 6.54 Å². The average Bonchev–Trinajstić information content (AvgIpc) is 2.82. The molecule has 8 nitrogen and oxygen atoms in total. The van der Waals surface area contributed by atoms with E-state index in [2.05, 4.69) is 16.0 Å². The predicted molar refractivity (Wildman–Crippen MR) is 118 cm³/mol. The highest BCUT2D eigenvalue weighted by Crippen LogP contribution is 2.29. The molecule has 1 fully saturated rings. The smallest absolute Gasteiger partial charge is 0.350 e. The summed E-state index contributed by atoms with van der Waals surface area (Å²) >= 11 is 0. The minimum absolute atomic E-state index is 0.0127. The molecule has 2 aromatic carbocycles. The lowest BCUT2D eigenvalue weighted by Gasteiger charge is -2.33. The molecule has 0 aromatic heterocycles. The molecule has 2 aromatic rings. The fourth-order valence-corrected chi connectivity index (χ4v) is 3.89. The Labute approximate surface area is 194 Å². The van der Waals surface area contributed by atoms with Crippen LogP contribution >= 0.6 is 0 Å². The van der Waals surface area contributed by atoms with Gasteiger partial charge in [0.05, 0.1) is 17.0 Å². The molecule has 1 aliphatic carbocycles. The lowest BCUT2D eigenvalue weighted by Crippen LogP contribution is -2.53. The zero-order valence-electron chi connectivity index (χ0n) is 18.2. The van der Waals surface area contributed by atoms with E-state index in [9.17, 15) is 32.9 Å². The fraction of sp³-hybridized carbons (Fsp3) is 0.391. The second-order valence-electron chi connectivity index (χ2n) is 8.13. The van der Waals surface area contributed by atoms with Gasteiger partial charge in [-0.1, -0.05) is 31.0 Å². The van der Waals surface area contributed by atoms with Crippen LogP contribution in [0.3, 0.4) is 0 Å².